The Kier molecular flexibility index (Phi) is 9.31. The molecule has 0 atom stereocenters. The molecule has 0 bridgehead atoms. The average molecular weight is 600 g/mol. The number of carbonyl (C=O) groups excluding carboxylic acids is 1. The Morgan fingerprint density at radius 2 is 1.89 bits per heavy atom. The molecular weight excluding hydrogens is 558 g/mol. The third kappa shape index (κ3) is 6.61. The van der Waals surface area contributed by atoms with Gasteiger partial charge in [-0.2, -0.15) is 4.98 Å². The number of aryl methyl sites for hydroxylation is 2. The first kappa shape index (κ1) is 30.8. The van der Waals surface area contributed by atoms with Gasteiger partial charge in [0.15, 0.2) is 0 Å². The Bertz CT molecular complexity index is 1740. The Hall–Kier alpha value is -4.68. The number of ether oxygens (including phenoxy) is 1. The highest BCUT2D eigenvalue weighted by Gasteiger charge is 2.22. The quantitative estimate of drug-likeness (QED) is 0.237. The molecule has 0 saturated heterocycles. The van der Waals surface area contributed by atoms with Crippen LogP contribution in [0.1, 0.15) is 12.0 Å². The third-order valence-corrected chi connectivity index (χ3v) is 7.58. The summed E-state index contributed by atoms with van der Waals surface area (Å²) in [7, 11) is 11.5. The van der Waals surface area contributed by atoms with Gasteiger partial charge in [-0.3, -0.25) is 9.36 Å². The number of methoxy groups -OCH3 is 1. The molecule has 2 aromatic heterocycles. The van der Waals surface area contributed by atoms with Gasteiger partial charge in [0.1, 0.15) is 11.6 Å². The van der Waals surface area contributed by atoms with Crippen LogP contribution in [0.2, 0.25) is 0 Å². The number of benzene rings is 2. The molecule has 0 aliphatic carbocycles. The van der Waals surface area contributed by atoms with Crippen LogP contribution in [-0.4, -0.2) is 96.8 Å². The zero-order valence-corrected chi connectivity index (χ0v) is 26.3. The smallest absolute Gasteiger partial charge is 0.334 e. The second-order valence-electron chi connectivity index (χ2n) is 11.5. The lowest BCUT2D eigenvalue weighted by atomic mass is 10.0. The number of likely N-dealkylation sites (N-methyl/N-ethyl adjacent to an activating group) is 3. The molecule has 12 heteroatoms. The highest BCUT2D eigenvalue weighted by Crippen LogP contribution is 2.38. The van der Waals surface area contributed by atoms with E-state index in [4.69, 9.17) is 9.72 Å². The first-order valence-electron chi connectivity index (χ1n) is 14.7. The minimum Gasteiger partial charge on any atom is -0.494 e. The number of anilines is 4. The van der Waals surface area contributed by atoms with Gasteiger partial charge >= 0.3 is 5.69 Å². The molecule has 3 heterocycles. The highest BCUT2D eigenvalue weighted by atomic mass is 16.5. The molecule has 4 aromatic rings. The molecule has 0 unspecified atom stereocenters. The highest BCUT2D eigenvalue weighted by molar-refractivity contribution is 6.02. The zero-order chi connectivity index (χ0) is 31.4. The summed E-state index contributed by atoms with van der Waals surface area (Å²) in [4.78, 5) is 41.7. The van der Waals surface area contributed by atoms with Crippen molar-refractivity contribution < 1.29 is 9.53 Å². The topological polar surface area (TPSA) is 113 Å². The van der Waals surface area contributed by atoms with Gasteiger partial charge in [-0.15, -0.1) is 0 Å². The number of carbonyl (C=O) groups is 1. The normalized spacial score (nSPS) is 12.8. The van der Waals surface area contributed by atoms with Crippen molar-refractivity contribution in [3.8, 4) is 11.6 Å². The number of rotatable bonds is 12. The fraction of sp³-hybridized carbons (Fsp3) is 0.375. The largest absolute Gasteiger partial charge is 0.494 e. The van der Waals surface area contributed by atoms with E-state index in [2.05, 4.69) is 31.5 Å². The van der Waals surface area contributed by atoms with Crippen molar-refractivity contribution in [3.63, 3.8) is 0 Å². The molecule has 1 amide bonds. The van der Waals surface area contributed by atoms with E-state index >= 15 is 0 Å². The maximum absolute atomic E-state index is 13.5. The van der Waals surface area contributed by atoms with Gasteiger partial charge in [0.2, 0.25) is 11.9 Å². The fourth-order valence-corrected chi connectivity index (χ4v) is 5.37. The monoisotopic (exact) mass is 599 g/mol. The number of imidazole rings is 1. The number of para-hydroxylation sites is 1. The van der Waals surface area contributed by atoms with E-state index in [0.717, 1.165) is 42.7 Å². The van der Waals surface area contributed by atoms with Gasteiger partial charge in [0.05, 0.1) is 35.2 Å². The molecular formula is C32H41N9O3. The zero-order valence-electron chi connectivity index (χ0n) is 26.3. The molecule has 44 heavy (non-hydrogen) atoms. The van der Waals surface area contributed by atoms with Crippen molar-refractivity contribution in [1.82, 2.24) is 28.9 Å². The summed E-state index contributed by atoms with van der Waals surface area (Å²) in [6, 6.07) is 11.4. The van der Waals surface area contributed by atoms with Gasteiger partial charge in [-0.25, -0.2) is 14.3 Å². The van der Waals surface area contributed by atoms with Gasteiger partial charge < -0.3 is 30.1 Å². The fourth-order valence-electron chi connectivity index (χ4n) is 5.37. The van der Waals surface area contributed by atoms with Crippen molar-refractivity contribution >= 4 is 40.0 Å². The molecule has 2 aromatic carbocycles. The van der Waals surface area contributed by atoms with Crippen molar-refractivity contribution in [2.45, 2.75) is 19.4 Å². The minimum absolute atomic E-state index is 0.119. The van der Waals surface area contributed by atoms with Crippen molar-refractivity contribution in [2.75, 3.05) is 77.5 Å². The number of nitrogens with zero attached hydrogens (tertiary/aromatic N) is 7. The summed E-state index contributed by atoms with van der Waals surface area (Å²) in [5.74, 6) is 1.07. The van der Waals surface area contributed by atoms with E-state index in [1.807, 2.05) is 75.0 Å². The number of hydrogen-bond donors (Lipinski definition) is 2. The maximum atomic E-state index is 13.5. The molecule has 12 nitrogen and oxygen atoms in total. The molecule has 1 aliphatic rings. The third-order valence-electron chi connectivity index (χ3n) is 7.58. The summed E-state index contributed by atoms with van der Waals surface area (Å²) in [6.45, 7) is 2.89. The Labute approximate surface area is 257 Å². The first-order chi connectivity index (χ1) is 21.2. The molecule has 2 N–H and O–H groups in total. The van der Waals surface area contributed by atoms with Gasteiger partial charge in [-0.1, -0.05) is 18.2 Å². The minimum atomic E-state index is -0.240. The SMILES string of the molecule is COc1cc(N(C)CCN(C)C)c(NC(=O)/C=C/CN(C)C)cc1Nc1nccc(-n2c(=O)n3c4c(cccc42)CCC3)n1. The van der Waals surface area contributed by atoms with Crippen LogP contribution in [0.5, 0.6) is 5.75 Å². The first-order valence-corrected chi connectivity index (χ1v) is 14.7. The number of aromatic nitrogens is 4. The summed E-state index contributed by atoms with van der Waals surface area (Å²) in [5, 5.41) is 6.29. The van der Waals surface area contributed by atoms with Crippen LogP contribution in [0, 0.1) is 0 Å². The molecule has 0 radical (unpaired) electrons. The Balaban J connectivity index is 1.50. The number of hydrogen-bond acceptors (Lipinski definition) is 9. The lowest BCUT2D eigenvalue weighted by Gasteiger charge is -2.26. The average Bonchev–Trinajstić information content (AvgIpc) is 3.28. The molecule has 5 rings (SSSR count). The van der Waals surface area contributed by atoms with Crippen molar-refractivity contribution in [1.29, 1.82) is 0 Å². The van der Waals surface area contributed by atoms with Crippen LogP contribution in [0.25, 0.3) is 16.9 Å². The van der Waals surface area contributed by atoms with E-state index in [1.165, 1.54) is 11.6 Å². The van der Waals surface area contributed by atoms with Crippen molar-refractivity contribution in [3.05, 3.63) is 70.8 Å². The standard InChI is InChI=1S/C32H41N9O3/c1-37(2)16-9-13-29(42)34-23-20-24(27(44-6)21-26(23)39(5)19-18-38(3)4)35-31-33-15-14-28(36-31)41-25-12-7-10-22-11-8-17-40(30(22)25)32(41)43/h7,9-10,12-15,20-21H,8,11,16-19H2,1-6H3,(H,34,42)(H,33,35,36)/b13-9+. The van der Waals surface area contributed by atoms with E-state index in [0.29, 0.717) is 36.0 Å². The van der Waals surface area contributed by atoms with Gasteiger partial charge in [0.25, 0.3) is 0 Å². The van der Waals surface area contributed by atoms with E-state index in [9.17, 15) is 9.59 Å². The molecule has 232 valence electrons. The second-order valence-corrected chi connectivity index (χ2v) is 11.5. The number of nitrogens with one attached hydrogen (secondary N) is 2. The lowest BCUT2D eigenvalue weighted by Crippen LogP contribution is -2.29. The van der Waals surface area contributed by atoms with Crippen LogP contribution in [-0.2, 0) is 17.8 Å². The lowest BCUT2D eigenvalue weighted by molar-refractivity contribution is -0.111. The summed E-state index contributed by atoms with van der Waals surface area (Å²) < 4.78 is 9.24. The predicted molar refractivity (Wildman–Crippen MR) is 176 cm³/mol. The van der Waals surface area contributed by atoms with Crippen LogP contribution in [0.4, 0.5) is 23.0 Å². The van der Waals surface area contributed by atoms with Gasteiger partial charge in [-0.05, 0) is 58.7 Å². The summed E-state index contributed by atoms with van der Waals surface area (Å²) in [6.07, 6.45) is 6.84. The molecule has 1 aliphatic heterocycles. The van der Waals surface area contributed by atoms with E-state index < -0.39 is 0 Å². The van der Waals surface area contributed by atoms with Crippen LogP contribution < -0.4 is 26.0 Å². The second kappa shape index (κ2) is 13.3. The van der Waals surface area contributed by atoms with Crippen LogP contribution >= 0.6 is 0 Å². The summed E-state index contributed by atoms with van der Waals surface area (Å²) >= 11 is 0. The van der Waals surface area contributed by atoms with Gasteiger partial charge in [0, 0.05) is 57.6 Å². The van der Waals surface area contributed by atoms with E-state index in [-0.39, 0.29) is 17.5 Å². The molecule has 0 saturated carbocycles. The van der Waals surface area contributed by atoms with E-state index in [1.54, 1.807) is 23.9 Å². The Morgan fingerprint density at radius 3 is 2.64 bits per heavy atom. The van der Waals surface area contributed by atoms with Crippen LogP contribution in [0.3, 0.4) is 0 Å². The maximum Gasteiger partial charge on any atom is 0.334 e. The summed E-state index contributed by atoms with van der Waals surface area (Å²) in [5.41, 5.74) is 4.82. The van der Waals surface area contributed by atoms with Crippen molar-refractivity contribution in [2.24, 2.45) is 0 Å². The molecule has 0 fully saturated rings. The number of amides is 1. The van der Waals surface area contributed by atoms with Crippen LogP contribution in [0.15, 0.2) is 59.5 Å². The predicted octanol–water partition coefficient (Wildman–Crippen LogP) is 3.33. The molecule has 0 spiro atoms. The Morgan fingerprint density at radius 1 is 1.07 bits per heavy atom.